The van der Waals surface area contributed by atoms with Crippen LogP contribution in [0.4, 0.5) is 5.69 Å². The molecule has 1 aliphatic heterocycles. The quantitative estimate of drug-likeness (QED) is 0.238. The molecule has 0 saturated carbocycles. The Bertz CT molecular complexity index is 1080. The van der Waals surface area contributed by atoms with Gasteiger partial charge in [0.1, 0.15) is 11.5 Å². The van der Waals surface area contributed by atoms with Crippen LogP contribution in [-0.2, 0) is 14.3 Å². The molecule has 1 saturated heterocycles. The Kier molecular flexibility index (Phi) is 6.36. The van der Waals surface area contributed by atoms with Crippen molar-refractivity contribution in [3.05, 3.63) is 74.8 Å². The van der Waals surface area contributed by atoms with Crippen LogP contribution in [0.2, 0.25) is 0 Å². The fraction of sp³-hybridized carbons (Fsp3) is 0.273. The van der Waals surface area contributed by atoms with Gasteiger partial charge in [0.2, 0.25) is 0 Å². The van der Waals surface area contributed by atoms with Crippen molar-refractivity contribution in [2.75, 3.05) is 27.4 Å². The number of likely N-dealkylation sites (tertiary alicyclic amines) is 1. The van der Waals surface area contributed by atoms with E-state index in [1.165, 1.54) is 37.3 Å². The number of Topliss-reactive ketones (excluding diaryl/α,β-unsaturated/α-hetero) is 1. The van der Waals surface area contributed by atoms with E-state index < -0.39 is 22.7 Å². The number of non-ortho nitro benzene ring substituents is 1. The van der Waals surface area contributed by atoms with Crippen molar-refractivity contribution < 1.29 is 29.1 Å². The SMILES string of the molecule is COCCN1C(=O)C(=O)/C(=C(/O)c2ccc(OC)c(C)c2)[C@H]1c1cccc([N+](=O)[O-])c1. The number of nitro groups is 1. The number of carbonyl (C=O) groups is 2. The zero-order valence-corrected chi connectivity index (χ0v) is 17.3. The van der Waals surface area contributed by atoms with Gasteiger partial charge in [0.15, 0.2) is 0 Å². The van der Waals surface area contributed by atoms with Crippen LogP contribution in [0.5, 0.6) is 5.75 Å². The average Bonchev–Trinajstić information content (AvgIpc) is 3.01. The number of ether oxygens (including phenoxy) is 2. The van der Waals surface area contributed by atoms with Gasteiger partial charge in [-0.1, -0.05) is 12.1 Å². The maximum atomic E-state index is 12.9. The lowest BCUT2D eigenvalue weighted by atomic mass is 9.94. The molecular formula is C22H22N2O7. The predicted molar refractivity (Wildman–Crippen MR) is 112 cm³/mol. The Morgan fingerprint density at radius 1 is 1.19 bits per heavy atom. The highest BCUT2D eigenvalue weighted by Crippen LogP contribution is 2.40. The standard InChI is InChI=1S/C22H22N2O7/c1-13-11-15(7-8-17(13)31-3)20(25)18-19(14-5-4-6-16(12-14)24(28)29)23(9-10-30-2)22(27)21(18)26/h4-8,11-12,19,25H,9-10H2,1-3H3/b20-18+/t19-/m1/s1. The molecule has 1 atom stereocenters. The van der Waals surface area contributed by atoms with Crippen LogP contribution < -0.4 is 4.74 Å². The summed E-state index contributed by atoms with van der Waals surface area (Å²) < 4.78 is 10.3. The Labute approximate surface area is 178 Å². The molecule has 1 fully saturated rings. The second kappa shape index (κ2) is 8.97. The molecular weight excluding hydrogens is 404 g/mol. The highest BCUT2D eigenvalue weighted by atomic mass is 16.6. The number of carbonyl (C=O) groups excluding carboxylic acids is 2. The molecule has 0 aliphatic carbocycles. The fourth-order valence-corrected chi connectivity index (χ4v) is 3.64. The van der Waals surface area contributed by atoms with Gasteiger partial charge in [-0.3, -0.25) is 19.7 Å². The van der Waals surface area contributed by atoms with Crippen molar-refractivity contribution in [1.29, 1.82) is 0 Å². The number of hydrogen-bond donors (Lipinski definition) is 1. The molecule has 9 heteroatoms. The normalized spacial score (nSPS) is 17.8. The van der Waals surface area contributed by atoms with Crippen molar-refractivity contribution in [2.24, 2.45) is 0 Å². The van der Waals surface area contributed by atoms with Crippen LogP contribution in [0.15, 0.2) is 48.0 Å². The van der Waals surface area contributed by atoms with E-state index in [4.69, 9.17) is 9.47 Å². The molecule has 1 heterocycles. The number of aliphatic hydroxyl groups is 1. The lowest BCUT2D eigenvalue weighted by molar-refractivity contribution is -0.384. The molecule has 0 radical (unpaired) electrons. The first-order valence-corrected chi connectivity index (χ1v) is 9.46. The second-order valence-corrected chi connectivity index (χ2v) is 7.02. The van der Waals surface area contributed by atoms with Gasteiger partial charge >= 0.3 is 0 Å². The first-order chi connectivity index (χ1) is 14.8. The minimum Gasteiger partial charge on any atom is -0.507 e. The molecule has 1 N–H and O–H groups in total. The molecule has 162 valence electrons. The Balaban J connectivity index is 2.20. The summed E-state index contributed by atoms with van der Waals surface area (Å²) in [5.74, 6) is -1.42. The highest BCUT2D eigenvalue weighted by Gasteiger charge is 2.46. The number of aryl methyl sites for hydroxylation is 1. The number of amides is 1. The first kappa shape index (κ1) is 22.0. The van der Waals surface area contributed by atoms with E-state index in [1.54, 1.807) is 31.2 Å². The van der Waals surface area contributed by atoms with Gasteiger partial charge in [0, 0.05) is 31.4 Å². The van der Waals surface area contributed by atoms with E-state index in [0.29, 0.717) is 16.9 Å². The maximum absolute atomic E-state index is 12.9. The minimum atomic E-state index is -0.988. The number of hydrogen-bond acceptors (Lipinski definition) is 7. The zero-order chi connectivity index (χ0) is 22.7. The molecule has 0 aromatic heterocycles. The second-order valence-electron chi connectivity index (χ2n) is 7.02. The van der Waals surface area contributed by atoms with E-state index in [9.17, 15) is 24.8 Å². The smallest absolute Gasteiger partial charge is 0.295 e. The van der Waals surface area contributed by atoms with Crippen molar-refractivity contribution in [2.45, 2.75) is 13.0 Å². The monoisotopic (exact) mass is 426 g/mol. The topological polar surface area (TPSA) is 119 Å². The molecule has 0 unspecified atom stereocenters. The van der Waals surface area contributed by atoms with Gasteiger partial charge in [0.05, 0.1) is 30.3 Å². The van der Waals surface area contributed by atoms with Gasteiger partial charge < -0.3 is 19.5 Å². The van der Waals surface area contributed by atoms with E-state index in [-0.39, 0.29) is 30.2 Å². The molecule has 3 rings (SSSR count). The maximum Gasteiger partial charge on any atom is 0.295 e. The predicted octanol–water partition coefficient (Wildman–Crippen LogP) is 2.98. The molecule has 1 aliphatic rings. The van der Waals surface area contributed by atoms with Crippen LogP contribution in [0.1, 0.15) is 22.7 Å². The molecule has 1 amide bonds. The van der Waals surface area contributed by atoms with Crippen molar-refractivity contribution in [3.8, 4) is 5.75 Å². The van der Waals surface area contributed by atoms with E-state index in [0.717, 1.165) is 5.56 Å². The van der Waals surface area contributed by atoms with Crippen molar-refractivity contribution in [1.82, 2.24) is 4.90 Å². The third kappa shape index (κ3) is 4.13. The van der Waals surface area contributed by atoms with Crippen LogP contribution in [0.25, 0.3) is 5.76 Å². The van der Waals surface area contributed by atoms with Crippen LogP contribution in [-0.4, -0.2) is 54.0 Å². The van der Waals surface area contributed by atoms with Crippen LogP contribution in [0.3, 0.4) is 0 Å². The third-order valence-electron chi connectivity index (χ3n) is 5.14. The molecule has 0 spiro atoms. The Morgan fingerprint density at radius 2 is 1.94 bits per heavy atom. The summed E-state index contributed by atoms with van der Waals surface area (Å²) in [6.07, 6.45) is 0. The largest absolute Gasteiger partial charge is 0.507 e. The van der Waals surface area contributed by atoms with E-state index in [1.807, 2.05) is 0 Å². The van der Waals surface area contributed by atoms with E-state index in [2.05, 4.69) is 0 Å². The summed E-state index contributed by atoms with van der Waals surface area (Å²) in [5, 5.41) is 22.3. The number of nitro benzene ring substituents is 1. The van der Waals surface area contributed by atoms with Gasteiger partial charge in [-0.2, -0.15) is 0 Å². The number of ketones is 1. The lowest BCUT2D eigenvalue weighted by Crippen LogP contribution is -2.32. The fourth-order valence-electron chi connectivity index (χ4n) is 3.64. The summed E-state index contributed by atoms with van der Waals surface area (Å²) in [6, 6.07) is 9.54. The summed E-state index contributed by atoms with van der Waals surface area (Å²) >= 11 is 0. The molecule has 0 bridgehead atoms. The third-order valence-corrected chi connectivity index (χ3v) is 5.14. The summed E-state index contributed by atoms with van der Waals surface area (Å²) in [4.78, 5) is 37.6. The number of methoxy groups -OCH3 is 2. The van der Waals surface area contributed by atoms with Gasteiger partial charge in [0.25, 0.3) is 17.4 Å². The number of benzene rings is 2. The lowest BCUT2D eigenvalue weighted by Gasteiger charge is -2.25. The zero-order valence-electron chi connectivity index (χ0n) is 17.3. The van der Waals surface area contributed by atoms with Crippen LogP contribution >= 0.6 is 0 Å². The Morgan fingerprint density at radius 3 is 2.55 bits per heavy atom. The summed E-state index contributed by atoms with van der Waals surface area (Å²) in [5.41, 5.74) is 1.09. The minimum absolute atomic E-state index is 0.0762. The van der Waals surface area contributed by atoms with Crippen LogP contribution in [0, 0.1) is 17.0 Å². The summed E-state index contributed by atoms with van der Waals surface area (Å²) in [7, 11) is 2.98. The van der Waals surface area contributed by atoms with E-state index >= 15 is 0 Å². The van der Waals surface area contributed by atoms with Crippen molar-refractivity contribution in [3.63, 3.8) is 0 Å². The average molecular weight is 426 g/mol. The molecule has 2 aromatic carbocycles. The van der Waals surface area contributed by atoms with Crippen molar-refractivity contribution >= 4 is 23.1 Å². The first-order valence-electron chi connectivity index (χ1n) is 9.46. The Hall–Kier alpha value is -3.72. The number of aliphatic hydroxyl groups excluding tert-OH is 1. The van der Waals surface area contributed by atoms with Gasteiger partial charge in [-0.05, 0) is 36.2 Å². The summed E-state index contributed by atoms with van der Waals surface area (Å²) in [6.45, 7) is 2.01. The van der Waals surface area contributed by atoms with Gasteiger partial charge in [-0.25, -0.2) is 0 Å². The molecule has 9 nitrogen and oxygen atoms in total. The molecule has 2 aromatic rings. The number of rotatable bonds is 7. The van der Waals surface area contributed by atoms with Gasteiger partial charge in [-0.15, -0.1) is 0 Å². The molecule has 31 heavy (non-hydrogen) atoms. The number of nitrogens with zero attached hydrogens (tertiary/aromatic N) is 2. The highest BCUT2D eigenvalue weighted by molar-refractivity contribution is 6.46.